The Kier molecular flexibility index (Phi) is 5.15. The second-order valence-corrected chi connectivity index (χ2v) is 8.33. The quantitative estimate of drug-likeness (QED) is 0.798. The molecule has 1 aromatic heterocycles. The molecule has 29 heavy (non-hydrogen) atoms. The fraction of sp³-hybridized carbons (Fsp3) is 0.500. The molecule has 0 unspecified atom stereocenters. The fourth-order valence-corrected chi connectivity index (χ4v) is 4.79. The number of rotatable bonds is 3. The lowest BCUT2D eigenvalue weighted by molar-refractivity contribution is -0.133. The lowest BCUT2D eigenvalue weighted by Gasteiger charge is -2.41. The molecule has 2 saturated heterocycles. The van der Waals surface area contributed by atoms with E-state index >= 15 is 0 Å². The number of nitrogens with zero attached hydrogens (tertiary/aromatic N) is 4. The molecule has 0 saturated carbocycles. The summed E-state index contributed by atoms with van der Waals surface area (Å²) in [5.74, 6) is -0.353. The standard InChI is InChI=1S/C22H27FN4O2/c1-14(2)27-12-17(11-24-27)22(29)26-13-19(16-6-8-18(23)9-7-16)21-20(26)5-4-10-25(21)15(3)28/h6-9,11-12,14,19-21H,4-5,10,13H2,1-3H3/t19-,20-,21-/m1/s1. The number of carbonyl (C=O) groups excluding carboxylic acids is 2. The molecule has 2 aliphatic heterocycles. The smallest absolute Gasteiger partial charge is 0.257 e. The summed E-state index contributed by atoms with van der Waals surface area (Å²) in [6.45, 7) is 6.83. The highest BCUT2D eigenvalue weighted by atomic mass is 19.1. The van der Waals surface area contributed by atoms with Gasteiger partial charge in [-0.3, -0.25) is 14.3 Å². The Balaban J connectivity index is 1.68. The lowest BCUT2D eigenvalue weighted by atomic mass is 9.86. The van der Waals surface area contributed by atoms with E-state index in [0.29, 0.717) is 18.7 Å². The molecule has 6 nitrogen and oxygen atoms in total. The number of aromatic nitrogens is 2. The van der Waals surface area contributed by atoms with Gasteiger partial charge in [0.25, 0.3) is 5.91 Å². The van der Waals surface area contributed by atoms with Gasteiger partial charge >= 0.3 is 0 Å². The Bertz CT molecular complexity index is 908. The molecule has 1 aromatic carbocycles. The summed E-state index contributed by atoms with van der Waals surface area (Å²) < 4.78 is 15.2. The van der Waals surface area contributed by atoms with Crippen LogP contribution in [0.3, 0.4) is 0 Å². The normalized spacial score (nSPS) is 24.1. The summed E-state index contributed by atoms with van der Waals surface area (Å²) in [7, 11) is 0. The first-order valence-corrected chi connectivity index (χ1v) is 10.2. The SMILES string of the molecule is CC(=O)N1CCC[C@@H]2[C@H]1[C@@H](c1ccc(F)cc1)CN2C(=O)c1cnn(C(C)C)c1. The summed E-state index contributed by atoms with van der Waals surface area (Å²) in [6, 6.07) is 6.49. The van der Waals surface area contributed by atoms with Crippen LogP contribution >= 0.6 is 0 Å². The van der Waals surface area contributed by atoms with Crippen LogP contribution in [-0.4, -0.2) is 56.6 Å². The summed E-state index contributed by atoms with van der Waals surface area (Å²) >= 11 is 0. The maximum atomic E-state index is 13.5. The summed E-state index contributed by atoms with van der Waals surface area (Å²) in [5, 5.41) is 4.31. The molecule has 0 N–H and O–H groups in total. The van der Waals surface area contributed by atoms with Crippen LogP contribution in [0.5, 0.6) is 0 Å². The third-order valence-electron chi connectivity index (χ3n) is 6.20. The van der Waals surface area contributed by atoms with E-state index in [1.54, 1.807) is 36.1 Å². The van der Waals surface area contributed by atoms with E-state index in [9.17, 15) is 14.0 Å². The van der Waals surface area contributed by atoms with E-state index in [4.69, 9.17) is 0 Å². The third-order valence-corrected chi connectivity index (χ3v) is 6.20. The number of halogens is 1. The highest BCUT2D eigenvalue weighted by Gasteiger charge is 2.49. The Morgan fingerprint density at radius 1 is 1.17 bits per heavy atom. The van der Waals surface area contributed by atoms with E-state index in [1.807, 2.05) is 23.6 Å². The van der Waals surface area contributed by atoms with Gasteiger partial charge < -0.3 is 9.80 Å². The molecule has 3 atom stereocenters. The molecule has 0 aliphatic carbocycles. The first-order chi connectivity index (χ1) is 13.9. The van der Waals surface area contributed by atoms with Gasteiger partial charge in [-0.25, -0.2) is 4.39 Å². The van der Waals surface area contributed by atoms with Crippen molar-refractivity contribution < 1.29 is 14.0 Å². The molecule has 0 spiro atoms. The number of amides is 2. The molecular formula is C22H27FN4O2. The van der Waals surface area contributed by atoms with E-state index < -0.39 is 0 Å². The minimum Gasteiger partial charge on any atom is -0.337 e. The number of likely N-dealkylation sites (tertiary alicyclic amines) is 2. The number of carbonyl (C=O) groups is 2. The molecule has 2 aromatic rings. The van der Waals surface area contributed by atoms with Crippen molar-refractivity contribution in [3.05, 3.63) is 53.6 Å². The topological polar surface area (TPSA) is 58.4 Å². The zero-order chi connectivity index (χ0) is 20.7. The number of piperidine rings is 1. The molecule has 2 fully saturated rings. The molecule has 2 aliphatic rings. The van der Waals surface area contributed by atoms with Crippen molar-refractivity contribution in [2.75, 3.05) is 13.1 Å². The molecule has 3 heterocycles. The summed E-state index contributed by atoms with van der Waals surface area (Å²) in [4.78, 5) is 29.5. The van der Waals surface area contributed by atoms with Gasteiger partial charge in [-0.2, -0.15) is 5.10 Å². The third kappa shape index (κ3) is 3.54. The van der Waals surface area contributed by atoms with E-state index in [-0.39, 0.29) is 41.7 Å². The van der Waals surface area contributed by atoms with Gasteiger partial charge in [-0.1, -0.05) is 12.1 Å². The first kappa shape index (κ1) is 19.6. The second kappa shape index (κ2) is 7.61. The first-order valence-electron chi connectivity index (χ1n) is 10.2. The fourth-order valence-electron chi connectivity index (χ4n) is 4.79. The Hall–Kier alpha value is -2.70. The predicted molar refractivity (Wildman–Crippen MR) is 107 cm³/mol. The van der Waals surface area contributed by atoms with Crippen molar-refractivity contribution in [3.8, 4) is 0 Å². The highest BCUT2D eigenvalue weighted by Crippen LogP contribution is 2.40. The number of fused-ring (bicyclic) bond motifs is 1. The Morgan fingerprint density at radius 2 is 1.90 bits per heavy atom. The number of hydrogen-bond acceptors (Lipinski definition) is 3. The molecule has 0 bridgehead atoms. The molecule has 0 radical (unpaired) electrons. The summed E-state index contributed by atoms with van der Waals surface area (Å²) in [5.41, 5.74) is 1.53. The maximum absolute atomic E-state index is 13.5. The van der Waals surface area contributed by atoms with Gasteiger partial charge in [-0.05, 0) is 44.4 Å². The van der Waals surface area contributed by atoms with E-state index in [0.717, 1.165) is 18.4 Å². The zero-order valence-electron chi connectivity index (χ0n) is 17.1. The van der Waals surface area contributed by atoms with Crippen molar-refractivity contribution in [2.45, 2.75) is 57.7 Å². The molecule has 2 amide bonds. The zero-order valence-corrected chi connectivity index (χ0v) is 17.1. The van der Waals surface area contributed by atoms with Crippen LogP contribution in [0.25, 0.3) is 0 Å². The Labute approximate surface area is 170 Å². The summed E-state index contributed by atoms with van der Waals surface area (Å²) in [6.07, 6.45) is 5.13. The van der Waals surface area contributed by atoms with Crippen LogP contribution in [0.4, 0.5) is 4.39 Å². The van der Waals surface area contributed by atoms with E-state index in [1.165, 1.54) is 12.1 Å². The van der Waals surface area contributed by atoms with Crippen LogP contribution in [0, 0.1) is 5.82 Å². The van der Waals surface area contributed by atoms with Crippen molar-refractivity contribution in [3.63, 3.8) is 0 Å². The maximum Gasteiger partial charge on any atom is 0.257 e. The Morgan fingerprint density at radius 3 is 2.52 bits per heavy atom. The van der Waals surface area contributed by atoms with Crippen LogP contribution in [0.1, 0.15) is 61.5 Å². The largest absolute Gasteiger partial charge is 0.337 e. The van der Waals surface area contributed by atoms with Crippen LogP contribution < -0.4 is 0 Å². The van der Waals surface area contributed by atoms with Gasteiger partial charge in [0, 0.05) is 38.2 Å². The van der Waals surface area contributed by atoms with Crippen molar-refractivity contribution in [2.24, 2.45) is 0 Å². The highest BCUT2D eigenvalue weighted by molar-refractivity contribution is 5.94. The monoisotopic (exact) mass is 398 g/mol. The van der Waals surface area contributed by atoms with Gasteiger partial charge in [0.15, 0.2) is 0 Å². The minimum atomic E-state index is -0.288. The van der Waals surface area contributed by atoms with Crippen LogP contribution in [-0.2, 0) is 4.79 Å². The number of benzene rings is 1. The number of hydrogen-bond donors (Lipinski definition) is 0. The van der Waals surface area contributed by atoms with Crippen molar-refractivity contribution in [1.82, 2.24) is 19.6 Å². The lowest BCUT2D eigenvalue weighted by Crippen LogP contribution is -2.53. The van der Waals surface area contributed by atoms with Crippen molar-refractivity contribution in [1.29, 1.82) is 0 Å². The van der Waals surface area contributed by atoms with Crippen molar-refractivity contribution >= 4 is 11.8 Å². The molecule has 7 heteroatoms. The predicted octanol–water partition coefficient (Wildman–Crippen LogP) is 3.22. The average Bonchev–Trinajstić information content (AvgIpc) is 3.33. The van der Waals surface area contributed by atoms with Crippen LogP contribution in [0.15, 0.2) is 36.7 Å². The molecular weight excluding hydrogens is 371 g/mol. The molecule has 154 valence electrons. The van der Waals surface area contributed by atoms with Gasteiger partial charge in [0.1, 0.15) is 5.82 Å². The minimum absolute atomic E-state index is 0.0220. The van der Waals surface area contributed by atoms with Gasteiger partial charge in [0.2, 0.25) is 5.91 Å². The second-order valence-electron chi connectivity index (χ2n) is 8.33. The van der Waals surface area contributed by atoms with Gasteiger partial charge in [0.05, 0.1) is 23.8 Å². The van der Waals surface area contributed by atoms with E-state index in [2.05, 4.69) is 5.10 Å². The average molecular weight is 398 g/mol. The molecule has 4 rings (SSSR count). The van der Waals surface area contributed by atoms with Crippen LogP contribution in [0.2, 0.25) is 0 Å². The van der Waals surface area contributed by atoms with Gasteiger partial charge in [-0.15, -0.1) is 0 Å².